The minimum Gasteiger partial charge on any atom is -0.508 e. The number of ether oxygens (including phenoxy) is 1. The third-order valence-corrected chi connectivity index (χ3v) is 11.2. The molecule has 10 heteroatoms. The Balaban J connectivity index is 1.25. The van der Waals surface area contributed by atoms with E-state index in [1.807, 2.05) is 0 Å². The number of pyridine rings is 1. The number of benzene rings is 2. The molecular formula is C37H40F2N6O2. The van der Waals surface area contributed by atoms with E-state index in [0.717, 1.165) is 64.7 Å². The number of fused-ring (bicyclic) bond motifs is 5. The molecule has 6 heterocycles. The molecule has 4 atom stereocenters. The minimum atomic E-state index is -0.702. The van der Waals surface area contributed by atoms with Crippen molar-refractivity contribution in [3.63, 3.8) is 0 Å². The van der Waals surface area contributed by atoms with E-state index < -0.39 is 11.6 Å². The normalized spacial score (nSPS) is 27.1. The predicted molar refractivity (Wildman–Crippen MR) is 179 cm³/mol. The van der Waals surface area contributed by atoms with Gasteiger partial charge in [0.1, 0.15) is 35.2 Å². The quantitative estimate of drug-likeness (QED) is 0.238. The molecule has 47 heavy (non-hydrogen) atoms. The second kappa shape index (κ2) is 11.6. The summed E-state index contributed by atoms with van der Waals surface area (Å²) in [6.45, 7) is 8.57. The summed E-state index contributed by atoms with van der Waals surface area (Å²) in [4.78, 5) is 19.0. The van der Waals surface area contributed by atoms with Crippen molar-refractivity contribution in [1.29, 1.82) is 0 Å². The van der Waals surface area contributed by atoms with E-state index in [2.05, 4.69) is 39.9 Å². The predicted octanol–water partition coefficient (Wildman–Crippen LogP) is 6.03. The summed E-state index contributed by atoms with van der Waals surface area (Å²) < 4.78 is 38.3. The number of terminal acetylenes is 1. The number of halogens is 2. The van der Waals surface area contributed by atoms with Crippen molar-refractivity contribution in [2.24, 2.45) is 11.8 Å². The monoisotopic (exact) mass is 638 g/mol. The maximum atomic E-state index is 16.9. The molecule has 4 saturated heterocycles. The van der Waals surface area contributed by atoms with Crippen molar-refractivity contribution in [1.82, 2.24) is 25.2 Å². The smallest absolute Gasteiger partial charge is 0.319 e. The Morgan fingerprint density at radius 1 is 1.04 bits per heavy atom. The van der Waals surface area contributed by atoms with Crippen LogP contribution in [0, 0.1) is 35.8 Å². The zero-order valence-electron chi connectivity index (χ0n) is 26.9. The Labute approximate surface area is 273 Å². The molecule has 4 aliphatic heterocycles. The molecule has 2 N–H and O–H groups in total. The number of hydrogen-bond acceptors (Lipinski definition) is 8. The van der Waals surface area contributed by atoms with Crippen molar-refractivity contribution in [2.45, 2.75) is 70.0 Å². The second-order valence-corrected chi connectivity index (χ2v) is 14.1. The molecule has 0 amide bonds. The van der Waals surface area contributed by atoms with E-state index in [1.165, 1.54) is 24.3 Å². The first-order valence-corrected chi connectivity index (χ1v) is 17.0. The lowest BCUT2D eigenvalue weighted by molar-refractivity contribution is 0.107. The molecule has 4 fully saturated rings. The van der Waals surface area contributed by atoms with Crippen LogP contribution in [0.25, 0.3) is 32.9 Å². The molecule has 4 aromatic rings. The Kier molecular flexibility index (Phi) is 7.45. The van der Waals surface area contributed by atoms with E-state index >= 15 is 4.39 Å². The van der Waals surface area contributed by atoms with E-state index in [1.54, 1.807) is 6.20 Å². The van der Waals surface area contributed by atoms with Gasteiger partial charge in [-0.2, -0.15) is 9.97 Å². The Morgan fingerprint density at radius 2 is 1.77 bits per heavy atom. The molecule has 0 radical (unpaired) electrons. The van der Waals surface area contributed by atoms with Gasteiger partial charge in [-0.3, -0.25) is 9.88 Å². The van der Waals surface area contributed by atoms with E-state index in [4.69, 9.17) is 21.1 Å². The molecule has 2 bridgehead atoms. The highest BCUT2D eigenvalue weighted by Gasteiger charge is 2.51. The standard InChI is InChI=1S/C37H40F2N6O2/c1-4-21-13-37(14-22(5-2)17-45(37)16-21)20-47-36-42-34-29(35(43-36)44-18-24-8-9-25(19-44)41-24)15-40-33(32(34)39)28-12-26(46)11-23-7-10-30(38)27(6-3)31(23)28/h3,7,10-12,15,21-22,24-25,41,46H,4-5,8-9,13-14,16-20H2,1-2H3/t21?,22?,24-,25+,37?. The number of aromatic nitrogens is 3. The van der Waals surface area contributed by atoms with Crippen LogP contribution in [-0.2, 0) is 0 Å². The fourth-order valence-corrected chi connectivity index (χ4v) is 8.82. The number of piperazine rings is 1. The molecule has 2 aromatic heterocycles. The van der Waals surface area contributed by atoms with E-state index in [0.29, 0.717) is 52.5 Å². The van der Waals surface area contributed by atoms with Crippen LogP contribution in [0.2, 0.25) is 0 Å². The highest BCUT2D eigenvalue weighted by Crippen LogP contribution is 2.46. The van der Waals surface area contributed by atoms with Crippen LogP contribution in [-0.4, -0.2) is 75.4 Å². The van der Waals surface area contributed by atoms with Gasteiger partial charge in [-0.25, -0.2) is 8.78 Å². The zero-order valence-corrected chi connectivity index (χ0v) is 26.9. The lowest BCUT2D eigenvalue weighted by Crippen LogP contribution is -2.51. The first-order chi connectivity index (χ1) is 22.8. The third kappa shape index (κ3) is 5.06. The van der Waals surface area contributed by atoms with Crippen LogP contribution in [0.5, 0.6) is 11.8 Å². The molecule has 4 aliphatic rings. The number of hydrogen-bond donors (Lipinski definition) is 2. The second-order valence-electron chi connectivity index (χ2n) is 14.1. The van der Waals surface area contributed by atoms with Crippen LogP contribution in [0.4, 0.5) is 14.6 Å². The van der Waals surface area contributed by atoms with Gasteiger partial charge in [-0.15, -0.1) is 6.42 Å². The number of anilines is 1. The van der Waals surface area contributed by atoms with Gasteiger partial charge in [0.2, 0.25) is 0 Å². The summed E-state index contributed by atoms with van der Waals surface area (Å²) in [6, 6.07) is 6.41. The SMILES string of the molecule is C#Cc1c(F)ccc2cc(O)cc(-c3ncc4c(N5C[C@H]6CC[C@@H](C5)N6)nc(OCC56CC(CC)CN5CC(CC)C6)nc4c3F)c12. The first-order valence-electron chi connectivity index (χ1n) is 17.0. The zero-order chi connectivity index (χ0) is 32.4. The lowest BCUT2D eigenvalue weighted by Gasteiger charge is -2.34. The van der Waals surface area contributed by atoms with Gasteiger partial charge in [0.15, 0.2) is 5.82 Å². The van der Waals surface area contributed by atoms with Gasteiger partial charge >= 0.3 is 6.01 Å². The molecule has 0 spiro atoms. The maximum Gasteiger partial charge on any atom is 0.319 e. The lowest BCUT2D eigenvalue weighted by atomic mass is 9.86. The van der Waals surface area contributed by atoms with Crippen LogP contribution in [0.3, 0.4) is 0 Å². The van der Waals surface area contributed by atoms with Crippen LogP contribution < -0.4 is 15.0 Å². The van der Waals surface area contributed by atoms with Crippen LogP contribution in [0.1, 0.15) is 57.9 Å². The number of nitrogens with one attached hydrogen (secondary N) is 1. The van der Waals surface area contributed by atoms with Gasteiger partial charge in [0.25, 0.3) is 0 Å². The molecule has 2 unspecified atom stereocenters. The van der Waals surface area contributed by atoms with Crippen molar-refractivity contribution in [3.8, 4) is 35.4 Å². The maximum absolute atomic E-state index is 16.9. The average molecular weight is 639 g/mol. The Bertz CT molecular complexity index is 1900. The van der Waals surface area contributed by atoms with Crippen LogP contribution >= 0.6 is 0 Å². The largest absolute Gasteiger partial charge is 0.508 e. The number of aromatic hydroxyl groups is 1. The summed E-state index contributed by atoms with van der Waals surface area (Å²) in [5, 5.41) is 15.5. The van der Waals surface area contributed by atoms with Gasteiger partial charge in [0, 0.05) is 55.4 Å². The molecule has 8 nitrogen and oxygen atoms in total. The highest BCUT2D eigenvalue weighted by atomic mass is 19.1. The molecule has 244 valence electrons. The summed E-state index contributed by atoms with van der Waals surface area (Å²) in [6.07, 6.45) is 13.9. The first kappa shape index (κ1) is 30.3. The molecule has 8 rings (SSSR count). The Morgan fingerprint density at radius 3 is 2.45 bits per heavy atom. The molecular weight excluding hydrogens is 598 g/mol. The van der Waals surface area contributed by atoms with Crippen molar-refractivity contribution >= 4 is 27.5 Å². The molecule has 0 aliphatic carbocycles. The number of phenols is 1. The van der Waals surface area contributed by atoms with Crippen LogP contribution in [0.15, 0.2) is 30.5 Å². The molecule has 0 saturated carbocycles. The van der Waals surface area contributed by atoms with Gasteiger partial charge in [-0.1, -0.05) is 38.7 Å². The van der Waals surface area contributed by atoms with E-state index in [-0.39, 0.29) is 39.6 Å². The minimum absolute atomic E-state index is 0.0183. The highest BCUT2D eigenvalue weighted by molar-refractivity contribution is 6.03. The van der Waals surface area contributed by atoms with Crippen molar-refractivity contribution < 1.29 is 18.6 Å². The van der Waals surface area contributed by atoms with Gasteiger partial charge in [0.05, 0.1) is 16.5 Å². The summed E-state index contributed by atoms with van der Waals surface area (Å²) >= 11 is 0. The number of rotatable bonds is 7. The molecule has 2 aromatic carbocycles. The number of nitrogens with zero attached hydrogens (tertiary/aromatic N) is 5. The summed E-state index contributed by atoms with van der Waals surface area (Å²) in [7, 11) is 0. The van der Waals surface area contributed by atoms with Gasteiger partial charge < -0.3 is 20.1 Å². The topological polar surface area (TPSA) is 86.6 Å². The van der Waals surface area contributed by atoms with Crippen molar-refractivity contribution in [2.75, 3.05) is 37.7 Å². The summed E-state index contributed by atoms with van der Waals surface area (Å²) in [5.74, 6) is 2.84. The summed E-state index contributed by atoms with van der Waals surface area (Å²) in [5.41, 5.74) is 0.0876. The van der Waals surface area contributed by atoms with Gasteiger partial charge in [-0.05, 0) is 61.1 Å². The average Bonchev–Trinajstić information content (AvgIpc) is 3.72. The fourth-order valence-electron chi connectivity index (χ4n) is 8.82. The third-order valence-electron chi connectivity index (χ3n) is 11.2. The number of phenolic OH excluding ortho intramolecular Hbond substituents is 1. The van der Waals surface area contributed by atoms with E-state index in [9.17, 15) is 9.50 Å². The Hall–Kier alpha value is -4.07. The van der Waals surface area contributed by atoms with Crippen molar-refractivity contribution in [3.05, 3.63) is 47.7 Å². The fraction of sp³-hybridized carbons (Fsp3) is 0.486.